The van der Waals surface area contributed by atoms with E-state index in [1.54, 1.807) is 0 Å². The average Bonchev–Trinajstić information content (AvgIpc) is 2.46. The van der Waals surface area contributed by atoms with Crippen LogP contribution in [0.15, 0.2) is 30.4 Å². The van der Waals surface area contributed by atoms with Gasteiger partial charge < -0.3 is 9.64 Å². The van der Waals surface area contributed by atoms with Crippen LogP contribution in [0.3, 0.4) is 0 Å². The van der Waals surface area contributed by atoms with Gasteiger partial charge >= 0.3 is 0 Å². The highest BCUT2D eigenvalue weighted by molar-refractivity contribution is 6.30. The Kier molecular flexibility index (Phi) is 5.68. The molecular weight excluding hydrogens is 286 g/mol. The van der Waals surface area contributed by atoms with Gasteiger partial charge in [0.15, 0.2) is 0 Å². The van der Waals surface area contributed by atoms with E-state index in [4.69, 9.17) is 16.3 Å². The van der Waals surface area contributed by atoms with Crippen LogP contribution in [-0.2, 0) is 4.79 Å². The molecule has 21 heavy (non-hydrogen) atoms. The molecular formula is C17H22ClNO2. The summed E-state index contributed by atoms with van der Waals surface area (Å²) >= 11 is 5.90. The van der Waals surface area contributed by atoms with Gasteiger partial charge in [-0.05, 0) is 49.9 Å². The maximum Gasteiger partial charge on any atom is 0.222 e. The molecule has 0 bridgehead atoms. The van der Waals surface area contributed by atoms with Crippen LogP contribution in [0.5, 0.6) is 5.75 Å². The zero-order valence-corrected chi connectivity index (χ0v) is 13.3. The molecule has 0 atom stereocenters. The van der Waals surface area contributed by atoms with E-state index in [2.05, 4.69) is 6.58 Å². The van der Waals surface area contributed by atoms with Crippen LogP contribution >= 0.6 is 11.6 Å². The Balaban J connectivity index is 1.69. The number of nitrogens with zero attached hydrogens (tertiary/aromatic N) is 1. The Labute approximate surface area is 131 Å². The number of carbonyl (C=O) groups excluding carboxylic acids is 1. The van der Waals surface area contributed by atoms with Crippen molar-refractivity contribution in [1.29, 1.82) is 0 Å². The first-order valence-corrected chi connectivity index (χ1v) is 7.77. The molecule has 1 aromatic rings. The minimum Gasteiger partial charge on any atom is -0.493 e. The van der Waals surface area contributed by atoms with Crippen LogP contribution in [0.1, 0.15) is 31.2 Å². The maximum atomic E-state index is 12.1. The Bertz CT molecular complexity index is 518. The normalized spacial score (nSPS) is 15.1. The summed E-state index contributed by atoms with van der Waals surface area (Å²) in [5, 5.41) is 0.710. The van der Waals surface area contributed by atoms with Crippen LogP contribution in [0.2, 0.25) is 5.02 Å². The fraction of sp³-hybridized carbons (Fsp3) is 0.471. The summed E-state index contributed by atoms with van der Waals surface area (Å²) in [5.74, 6) is 1.06. The molecule has 4 heteroatoms. The van der Waals surface area contributed by atoms with Gasteiger partial charge in [-0.1, -0.05) is 23.8 Å². The van der Waals surface area contributed by atoms with Crippen molar-refractivity contribution < 1.29 is 9.53 Å². The summed E-state index contributed by atoms with van der Waals surface area (Å²) in [7, 11) is 0. The number of ether oxygens (including phenoxy) is 1. The van der Waals surface area contributed by atoms with Gasteiger partial charge in [0.2, 0.25) is 5.91 Å². The quantitative estimate of drug-likeness (QED) is 0.608. The summed E-state index contributed by atoms with van der Waals surface area (Å²) in [6.07, 6.45) is 3.15. The number of benzene rings is 1. The standard InChI is InChI=1S/C17H22ClNO2/c1-13-7-9-19(10-8-13)17(20)4-3-11-21-16-6-5-15(18)12-14(16)2/h5-6,12H,1,3-4,7-11H2,2H3. The predicted molar refractivity (Wildman–Crippen MR) is 85.9 cm³/mol. The van der Waals surface area contributed by atoms with E-state index in [0.717, 1.165) is 43.7 Å². The first-order chi connectivity index (χ1) is 10.1. The molecule has 0 N–H and O–H groups in total. The van der Waals surface area contributed by atoms with Crippen LogP contribution < -0.4 is 4.74 Å². The van der Waals surface area contributed by atoms with Crippen LogP contribution in [0.4, 0.5) is 0 Å². The number of hydrogen-bond donors (Lipinski definition) is 0. The van der Waals surface area contributed by atoms with Crippen molar-refractivity contribution >= 4 is 17.5 Å². The second kappa shape index (κ2) is 7.51. The minimum atomic E-state index is 0.221. The van der Waals surface area contributed by atoms with Crippen LogP contribution in [0, 0.1) is 6.92 Å². The van der Waals surface area contributed by atoms with E-state index in [1.807, 2.05) is 30.0 Å². The monoisotopic (exact) mass is 307 g/mol. The first-order valence-electron chi connectivity index (χ1n) is 7.39. The van der Waals surface area contributed by atoms with Gasteiger partial charge in [-0.15, -0.1) is 0 Å². The molecule has 0 aliphatic carbocycles. The Morgan fingerprint density at radius 3 is 2.76 bits per heavy atom. The number of aryl methyl sites for hydroxylation is 1. The summed E-state index contributed by atoms with van der Waals surface area (Å²) in [5.41, 5.74) is 2.27. The van der Waals surface area contributed by atoms with E-state index in [0.29, 0.717) is 18.1 Å². The maximum absolute atomic E-state index is 12.1. The van der Waals surface area contributed by atoms with E-state index in [1.165, 1.54) is 5.57 Å². The molecule has 0 spiro atoms. The molecule has 0 unspecified atom stereocenters. The number of rotatable bonds is 5. The summed E-state index contributed by atoms with van der Waals surface area (Å²) in [6.45, 7) is 8.11. The van der Waals surface area contributed by atoms with E-state index >= 15 is 0 Å². The number of halogens is 1. The lowest BCUT2D eigenvalue weighted by Crippen LogP contribution is -2.36. The van der Waals surface area contributed by atoms with Crippen molar-refractivity contribution in [2.45, 2.75) is 32.6 Å². The Hall–Kier alpha value is -1.48. The number of carbonyl (C=O) groups is 1. The molecule has 1 aliphatic rings. The minimum absolute atomic E-state index is 0.221. The fourth-order valence-corrected chi connectivity index (χ4v) is 2.64. The molecule has 1 fully saturated rings. The van der Waals surface area contributed by atoms with Gasteiger partial charge in [-0.25, -0.2) is 0 Å². The zero-order chi connectivity index (χ0) is 15.2. The Morgan fingerprint density at radius 2 is 2.10 bits per heavy atom. The molecule has 1 aromatic carbocycles. The van der Waals surface area contributed by atoms with Gasteiger partial charge in [0.25, 0.3) is 0 Å². The SMILES string of the molecule is C=C1CCN(C(=O)CCCOc2ccc(Cl)cc2C)CC1. The smallest absolute Gasteiger partial charge is 0.222 e. The lowest BCUT2D eigenvalue weighted by molar-refractivity contribution is -0.131. The molecule has 3 nitrogen and oxygen atoms in total. The van der Waals surface area contributed by atoms with Gasteiger partial charge in [0, 0.05) is 24.5 Å². The van der Waals surface area contributed by atoms with Gasteiger partial charge in [0.05, 0.1) is 6.61 Å². The van der Waals surface area contributed by atoms with Gasteiger partial charge in [0.1, 0.15) is 5.75 Å². The molecule has 1 heterocycles. The highest BCUT2D eigenvalue weighted by Crippen LogP contribution is 2.22. The van der Waals surface area contributed by atoms with E-state index in [9.17, 15) is 4.79 Å². The van der Waals surface area contributed by atoms with Crippen molar-refractivity contribution in [3.8, 4) is 5.75 Å². The molecule has 1 amide bonds. The van der Waals surface area contributed by atoms with Crippen molar-refractivity contribution in [2.24, 2.45) is 0 Å². The van der Waals surface area contributed by atoms with Crippen LogP contribution in [-0.4, -0.2) is 30.5 Å². The average molecular weight is 308 g/mol. The number of likely N-dealkylation sites (tertiary alicyclic amines) is 1. The zero-order valence-electron chi connectivity index (χ0n) is 12.5. The first kappa shape index (κ1) is 15.9. The van der Waals surface area contributed by atoms with E-state index in [-0.39, 0.29) is 5.91 Å². The number of hydrogen-bond acceptors (Lipinski definition) is 2. The number of piperidine rings is 1. The van der Waals surface area contributed by atoms with Crippen molar-refractivity contribution in [3.05, 3.63) is 40.9 Å². The third-order valence-corrected chi connectivity index (χ3v) is 3.99. The summed E-state index contributed by atoms with van der Waals surface area (Å²) in [4.78, 5) is 14.0. The molecule has 114 valence electrons. The molecule has 0 radical (unpaired) electrons. The topological polar surface area (TPSA) is 29.5 Å². The van der Waals surface area contributed by atoms with E-state index < -0.39 is 0 Å². The van der Waals surface area contributed by atoms with Gasteiger partial charge in [-0.2, -0.15) is 0 Å². The lowest BCUT2D eigenvalue weighted by Gasteiger charge is -2.28. The molecule has 1 aliphatic heterocycles. The molecule has 0 saturated carbocycles. The molecule has 0 aromatic heterocycles. The summed E-state index contributed by atoms with van der Waals surface area (Å²) in [6, 6.07) is 5.56. The highest BCUT2D eigenvalue weighted by atomic mass is 35.5. The molecule has 2 rings (SSSR count). The predicted octanol–water partition coefficient (Wildman–Crippen LogP) is 3.99. The number of amides is 1. The van der Waals surface area contributed by atoms with Crippen LogP contribution in [0.25, 0.3) is 0 Å². The second-order valence-electron chi connectivity index (χ2n) is 5.49. The third kappa shape index (κ3) is 4.78. The van der Waals surface area contributed by atoms with Gasteiger partial charge in [-0.3, -0.25) is 4.79 Å². The summed E-state index contributed by atoms with van der Waals surface area (Å²) < 4.78 is 5.70. The lowest BCUT2D eigenvalue weighted by atomic mass is 10.1. The van der Waals surface area contributed by atoms with Crippen molar-refractivity contribution in [3.63, 3.8) is 0 Å². The third-order valence-electron chi connectivity index (χ3n) is 3.75. The Morgan fingerprint density at radius 1 is 1.38 bits per heavy atom. The second-order valence-corrected chi connectivity index (χ2v) is 5.93. The van der Waals surface area contributed by atoms with Crippen molar-refractivity contribution in [2.75, 3.05) is 19.7 Å². The fourth-order valence-electron chi connectivity index (χ4n) is 2.41. The van der Waals surface area contributed by atoms with Crippen molar-refractivity contribution in [1.82, 2.24) is 4.90 Å². The molecule has 1 saturated heterocycles. The largest absolute Gasteiger partial charge is 0.493 e. The highest BCUT2D eigenvalue weighted by Gasteiger charge is 2.17.